The third kappa shape index (κ3) is 8.24. The fraction of sp³-hybridized carbons (Fsp3) is 0.444. The summed E-state index contributed by atoms with van der Waals surface area (Å²) in [4.78, 5) is 34.3. The van der Waals surface area contributed by atoms with Gasteiger partial charge in [0.05, 0.1) is 13.2 Å². The number of para-hydroxylation sites is 1. The standard InChI is InChI=1S/C36H46ClN5O3/c1-4-40(5-2)25-33(30-12-8-9-13-34(30)45-3)41-18-20-42(21-19-41)36(44)32(22-26-14-16-28(37)17-15-26)39-35(43)23-31-29-11-7-6-10-27(29)24-38-31/h6-17,31-33,38H,4-5,18-25H2,1-3H3,(H,39,43)/t31?,32-,33?/m1/s1. The van der Waals surface area contributed by atoms with Gasteiger partial charge in [0.1, 0.15) is 11.8 Å². The van der Waals surface area contributed by atoms with Gasteiger partial charge in [0, 0.05) is 68.7 Å². The zero-order chi connectivity index (χ0) is 31.8. The second kappa shape index (κ2) is 15.7. The lowest BCUT2D eigenvalue weighted by Gasteiger charge is -2.42. The number of hydrogen-bond acceptors (Lipinski definition) is 6. The number of benzene rings is 3. The van der Waals surface area contributed by atoms with Crippen molar-refractivity contribution >= 4 is 23.4 Å². The molecule has 3 aromatic carbocycles. The minimum Gasteiger partial charge on any atom is -0.496 e. The predicted molar refractivity (Wildman–Crippen MR) is 179 cm³/mol. The Balaban J connectivity index is 1.28. The van der Waals surface area contributed by atoms with E-state index < -0.39 is 6.04 Å². The van der Waals surface area contributed by atoms with Gasteiger partial charge in [-0.3, -0.25) is 14.5 Å². The van der Waals surface area contributed by atoms with Gasteiger partial charge < -0.3 is 25.2 Å². The molecule has 9 heteroatoms. The van der Waals surface area contributed by atoms with Crippen LogP contribution in [0.15, 0.2) is 72.8 Å². The number of likely N-dealkylation sites (N-methyl/N-ethyl adjacent to an activating group) is 1. The highest BCUT2D eigenvalue weighted by Crippen LogP contribution is 2.31. The molecule has 2 heterocycles. The second-order valence-corrected chi connectivity index (χ2v) is 12.3. The molecule has 0 radical (unpaired) electrons. The highest BCUT2D eigenvalue weighted by Gasteiger charge is 2.33. The first-order chi connectivity index (χ1) is 21.9. The third-order valence-electron chi connectivity index (χ3n) is 9.24. The predicted octanol–water partition coefficient (Wildman–Crippen LogP) is 4.84. The Kier molecular flexibility index (Phi) is 11.5. The van der Waals surface area contributed by atoms with Crippen LogP contribution in [-0.4, -0.2) is 85.5 Å². The summed E-state index contributed by atoms with van der Waals surface area (Å²) >= 11 is 6.14. The number of nitrogens with one attached hydrogen (secondary N) is 2. The number of hydrogen-bond donors (Lipinski definition) is 2. The van der Waals surface area contributed by atoms with Gasteiger partial charge in [0.15, 0.2) is 0 Å². The molecular formula is C36H46ClN5O3. The van der Waals surface area contributed by atoms with Crippen LogP contribution in [0.1, 0.15) is 54.6 Å². The number of ether oxygens (including phenoxy) is 1. The molecular weight excluding hydrogens is 586 g/mol. The van der Waals surface area contributed by atoms with E-state index in [0.29, 0.717) is 24.5 Å². The molecule has 1 saturated heterocycles. The van der Waals surface area contributed by atoms with E-state index in [0.717, 1.165) is 56.1 Å². The first-order valence-electron chi connectivity index (χ1n) is 16.1. The first-order valence-corrected chi connectivity index (χ1v) is 16.5. The fourth-order valence-electron chi connectivity index (χ4n) is 6.61. The Hall–Kier alpha value is -3.43. The molecule has 2 amide bonds. The summed E-state index contributed by atoms with van der Waals surface area (Å²) in [6.45, 7) is 10.6. The highest BCUT2D eigenvalue weighted by molar-refractivity contribution is 6.30. The van der Waals surface area contributed by atoms with Crippen molar-refractivity contribution in [2.45, 2.75) is 51.4 Å². The molecule has 2 aliphatic heterocycles. The normalized spacial score (nSPS) is 18.0. The third-order valence-corrected chi connectivity index (χ3v) is 9.49. The van der Waals surface area contributed by atoms with Gasteiger partial charge in [-0.25, -0.2) is 0 Å². The average Bonchev–Trinajstić information content (AvgIpc) is 3.48. The minimum atomic E-state index is -0.664. The zero-order valence-electron chi connectivity index (χ0n) is 26.7. The number of methoxy groups -OCH3 is 1. The first kappa shape index (κ1) is 32.9. The Morgan fingerprint density at radius 3 is 2.38 bits per heavy atom. The van der Waals surface area contributed by atoms with Crippen LogP contribution >= 0.6 is 11.6 Å². The molecule has 0 aliphatic carbocycles. The second-order valence-electron chi connectivity index (χ2n) is 11.9. The van der Waals surface area contributed by atoms with Crippen molar-refractivity contribution < 1.29 is 14.3 Å². The SMILES string of the molecule is CCN(CC)CC(c1ccccc1OC)N1CCN(C(=O)[C@@H](Cc2ccc(Cl)cc2)NC(=O)CC2NCc3ccccc32)CC1. The summed E-state index contributed by atoms with van der Waals surface area (Å²) in [5, 5.41) is 7.20. The van der Waals surface area contributed by atoms with Gasteiger partial charge in [-0.15, -0.1) is 0 Å². The van der Waals surface area contributed by atoms with E-state index >= 15 is 0 Å². The van der Waals surface area contributed by atoms with Gasteiger partial charge in [-0.1, -0.05) is 80.0 Å². The number of nitrogens with zero attached hydrogens (tertiary/aromatic N) is 3. The van der Waals surface area contributed by atoms with Gasteiger partial charge in [0.25, 0.3) is 0 Å². The summed E-state index contributed by atoms with van der Waals surface area (Å²) < 4.78 is 5.76. The molecule has 240 valence electrons. The van der Waals surface area contributed by atoms with Crippen molar-refractivity contribution in [3.05, 3.63) is 100 Å². The highest BCUT2D eigenvalue weighted by atomic mass is 35.5. The monoisotopic (exact) mass is 631 g/mol. The molecule has 0 bridgehead atoms. The number of rotatable bonds is 13. The molecule has 3 atom stereocenters. The number of carbonyl (C=O) groups excluding carboxylic acids is 2. The molecule has 0 aromatic heterocycles. The lowest BCUT2D eigenvalue weighted by molar-refractivity contribution is -0.138. The molecule has 2 aliphatic rings. The van der Waals surface area contributed by atoms with Crippen LogP contribution in [0, 0.1) is 0 Å². The molecule has 45 heavy (non-hydrogen) atoms. The van der Waals surface area contributed by atoms with Gasteiger partial charge >= 0.3 is 0 Å². The maximum absolute atomic E-state index is 14.1. The van der Waals surface area contributed by atoms with E-state index in [1.54, 1.807) is 7.11 Å². The fourth-order valence-corrected chi connectivity index (χ4v) is 6.73. The maximum atomic E-state index is 14.1. The van der Waals surface area contributed by atoms with Crippen molar-refractivity contribution in [3.63, 3.8) is 0 Å². The molecule has 8 nitrogen and oxygen atoms in total. The van der Waals surface area contributed by atoms with E-state index in [1.165, 1.54) is 11.1 Å². The zero-order valence-corrected chi connectivity index (χ0v) is 27.4. The maximum Gasteiger partial charge on any atom is 0.245 e. The molecule has 5 rings (SSSR count). The summed E-state index contributed by atoms with van der Waals surface area (Å²) in [7, 11) is 1.72. The smallest absolute Gasteiger partial charge is 0.245 e. The number of fused-ring (bicyclic) bond motifs is 1. The Labute approximate surface area is 272 Å². The van der Waals surface area contributed by atoms with E-state index in [4.69, 9.17) is 16.3 Å². The Morgan fingerprint density at radius 2 is 1.67 bits per heavy atom. The largest absolute Gasteiger partial charge is 0.496 e. The van der Waals surface area contributed by atoms with Crippen molar-refractivity contribution in [1.29, 1.82) is 0 Å². The number of halogens is 1. The summed E-state index contributed by atoms with van der Waals surface area (Å²) in [6, 6.07) is 23.3. The quantitative estimate of drug-likeness (QED) is 0.281. The van der Waals surface area contributed by atoms with Crippen molar-refractivity contribution in [2.24, 2.45) is 0 Å². The molecule has 2 unspecified atom stereocenters. The van der Waals surface area contributed by atoms with Crippen LogP contribution < -0.4 is 15.4 Å². The van der Waals surface area contributed by atoms with Gasteiger partial charge in [0.2, 0.25) is 11.8 Å². The summed E-state index contributed by atoms with van der Waals surface area (Å²) in [6.07, 6.45) is 0.684. The topological polar surface area (TPSA) is 77.2 Å². The molecule has 0 saturated carbocycles. The van der Waals surface area contributed by atoms with Crippen LogP contribution in [0.25, 0.3) is 0 Å². The summed E-state index contributed by atoms with van der Waals surface area (Å²) in [5.74, 6) is 0.708. The van der Waals surface area contributed by atoms with Crippen molar-refractivity contribution in [3.8, 4) is 5.75 Å². The van der Waals surface area contributed by atoms with Crippen molar-refractivity contribution in [1.82, 2.24) is 25.3 Å². The molecule has 1 fully saturated rings. The molecule has 3 aromatic rings. The average molecular weight is 632 g/mol. The van der Waals surface area contributed by atoms with E-state index in [9.17, 15) is 9.59 Å². The summed E-state index contributed by atoms with van der Waals surface area (Å²) in [5.41, 5.74) is 4.49. The molecule has 2 N–H and O–H groups in total. The number of piperazine rings is 1. The van der Waals surface area contributed by atoms with Crippen molar-refractivity contribution in [2.75, 3.05) is 52.9 Å². The van der Waals surface area contributed by atoms with Crippen LogP contribution in [0.4, 0.5) is 0 Å². The molecule has 0 spiro atoms. The van der Waals surface area contributed by atoms with Crippen LogP contribution in [0.2, 0.25) is 5.02 Å². The van der Waals surface area contributed by atoms with E-state index in [2.05, 4.69) is 58.5 Å². The van der Waals surface area contributed by atoms with Crippen LogP contribution in [0.3, 0.4) is 0 Å². The van der Waals surface area contributed by atoms with E-state index in [1.807, 2.05) is 53.4 Å². The van der Waals surface area contributed by atoms with Gasteiger partial charge in [-0.2, -0.15) is 0 Å². The Morgan fingerprint density at radius 1 is 0.978 bits per heavy atom. The number of amides is 2. The van der Waals surface area contributed by atoms with Crippen LogP contribution in [-0.2, 0) is 22.6 Å². The lowest BCUT2D eigenvalue weighted by Crippen LogP contribution is -2.56. The Bertz CT molecular complexity index is 1420. The van der Waals surface area contributed by atoms with E-state index in [-0.39, 0.29) is 30.3 Å². The van der Waals surface area contributed by atoms with Crippen LogP contribution in [0.5, 0.6) is 5.75 Å². The minimum absolute atomic E-state index is 0.0460. The number of carbonyl (C=O) groups is 2. The lowest BCUT2D eigenvalue weighted by atomic mass is 10.0. The van der Waals surface area contributed by atoms with Gasteiger partial charge in [-0.05, 0) is 48.0 Å².